The molecule has 1 aliphatic heterocycles. The number of hydrogen-bond acceptors (Lipinski definition) is 3. The van der Waals surface area contributed by atoms with Gasteiger partial charge in [-0.15, -0.1) is 0 Å². The van der Waals surface area contributed by atoms with E-state index in [1.807, 2.05) is 6.07 Å². The van der Waals surface area contributed by atoms with Gasteiger partial charge < -0.3 is 16.0 Å². The standard InChI is InChI=1S/C14H23N3/c1-10-8-12(4-5-13(10)15)16-14-6-7-17(3)9-11(14)2/h4-5,8,11,14,16H,6-7,9,15H2,1-3H3. The summed E-state index contributed by atoms with van der Waals surface area (Å²) in [6, 6.07) is 6.78. The summed E-state index contributed by atoms with van der Waals surface area (Å²) in [5.74, 6) is 0.687. The Labute approximate surface area is 104 Å². The Morgan fingerprint density at radius 3 is 2.82 bits per heavy atom. The number of nitrogen functional groups attached to an aromatic ring is 1. The van der Waals surface area contributed by atoms with Crippen molar-refractivity contribution in [3.05, 3.63) is 23.8 Å². The normalized spacial score (nSPS) is 25.8. The van der Waals surface area contributed by atoms with Gasteiger partial charge in [0.15, 0.2) is 0 Å². The third kappa shape index (κ3) is 2.91. The van der Waals surface area contributed by atoms with E-state index in [0.717, 1.165) is 11.3 Å². The average molecular weight is 233 g/mol. The highest BCUT2D eigenvalue weighted by Gasteiger charge is 2.23. The highest BCUT2D eigenvalue weighted by molar-refractivity contribution is 5.57. The second-order valence-electron chi connectivity index (χ2n) is 5.35. The number of nitrogens with two attached hydrogens (primary N) is 1. The molecule has 1 heterocycles. The first-order valence-corrected chi connectivity index (χ1v) is 6.37. The van der Waals surface area contributed by atoms with Crippen LogP contribution in [0.2, 0.25) is 0 Å². The molecule has 1 aliphatic rings. The fourth-order valence-electron chi connectivity index (χ4n) is 2.55. The van der Waals surface area contributed by atoms with Crippen molar-refractivity contribution < 1.29 is 0 Å². The maximum atomic E-state index is 5.83. The van der Waals surface area contributed by atoms with E-state index in [0.29, 0.717) is 12.0 Å². The molecule has 1 aromatic rings. The van der Waals surface area contributed by atoms with E-state index in [1.54, 1.807) is 0 Å². The van der Waals surface area contributed by atoms with Gasteiger partial charge in [-0.1, -0.05) is 6.92 Å². The highest BCUT2D eigenvalue weighted by Crippen LogP contribution is 2.22. The Morgan fingerprint density at radius 1 is 1.41 bits per heavy atom. The Hall–Kier alpha value is -1.22. The van der Waals surface area contributed by atoms with E-state index >= 15 is 0 Å². The lowest BCUT2D eigenvalue weighted by molar-refractivity contribution is 0.206. The van der Waals surface area contributed by atoms with Crippen LogP contribution in [0.5, 0.6) is 0 Å². The van der Waals surface area contributed by atoms with Crippen LogP contribution in [0.15, 0.2) is 18.2 Å². The molecule has 0 spiro atoms. The summed E-state index contributed by atoms with van der Waals surface area (Å²) in [6.45, 7) is 6.72. The smallest absolute Gasteiger partial charge is 0.0346 e. The molecule has 0 aliphatic carbocycles. The van der Waals surface area contributed by atoms with Crippen LogP contribution >= 0.6 is 0 Å². The maximum absolute atomic E-state index is 5.83. The van der Waals surface area contributed by atoms with Gasteiger partial charge in [-0.2, -0.15) is 0 Å². The molecule has 1 aromatic carbocycles. The number of nitrogens with one attached hydrogen (secondary N) is 1. The van der Waals surface area contributed by atoms with Crippen LogP contribution in [-0.2, 0) is 0 Å². The molecule has 2 unspecified atom stereocenters. The van der Waals surface area contributed by atoms with E-state index in [1.165, 1.54) is 25.2 Å². The number of anilines is 2. The van der Waals surface area contributed by atoms with Crippen LogP contribution in [0.4, 0.5) is 11.4 Å². The summed E-state index contributed by atoms with van der Waals surface area (Å²) in [5, 5.41) is 3.64. The van der Waals surface area contributed by atoms with Crippen molar-refractivity contribution in [1.82, 2.24) is 4.90 Å². The molecule has 2 atom stereocenters. The number of aryl methyl sites for hydroxylation is 1. The van der Waals surface area contributed by atoms with Gasteiger partial charge in [-0.25, -0.2) is 0 Å². The molecule has 0 bridgehead atoms. The monoisotopic (exact) mass is 233 g/mol. The minimum atomic E-state index is 0.578. The van der Waals surface area contributed by atoms with Crippen LogP contribution < -0.4 is 11.1 Å². The van der Waals surface area contributed by atoms with E-state index in [-0.39, 0.29) is 0 Å². The number of rotatable bonds is 2. The number of piperidine rings is 1. The molecule has 3 nitrogen and oxygen atoms in total. The SMILES string of the molecule is Cc1cc(NC2CCN(C)CC2C)ccc1N. The first-order chi connectivity index (χ1) is 8.06. The van der Waals surface area contributed by atoms with Crippen molar-refractivity contribution in [2.45, 2.75) is 26.3 Å². The van der Waals surface area contributed by atoms with Gasteiger partial charge in [0.1, 0.15) is 0 Å². The molecule has 94 valence electrons. The van der Waals surface area contributed by atoms with E-state index in [2.05, 4.69) is 43.2 Å². The molecule has 1 fully saturated rings. The summed E-state index contributed by atoms with van der Waals surface area (Å²) < 4.78 is 0. The predicted octanol–water partition coefficient (Wildman–Crippen LogP) is 2.33. The molecular formula is C14H23N3. The lowest BCUT2D eigenvalue weighted by atomic mass is 9.94. The number of benzene rings is 1. The molecule has 3 heteroatoms. The topological polar surface area (TPSA) is 41.3 Å². The van der Waals surface area contributed by atoms with Crippen molar-refractivity contribution in [3.8, 4) is 0 Å². The molecule has 17 heavy (non-hydrogen) atoms. The summed E-state index contributed by atoms with van der Waals surface area (Å²) in [7, 11) is 2.19. The number of nitrogens with zero attached hydrogens (tertiary/aromatic N) is 1. The maximum Gasteiger partial charge on any atom is 0.0346 e. The van der Waals surface area contributed by atoms with Crippen molar-refractivity contribution in [3.63, 3.8) is 0 Å². The van der Waals surface area contributed by atoms with Gasteiger partial charge in [-0.3, -0.25) is 0 Å². The third-order valence-corrected chi connectivity index (χ3v) is 3.73. The molecule has 1 saturated heterocycles. The number of likely N-dealkylation sites (tertiary alicyclic amines) is 1. The second kappa shape index (κ2) is 4.96. The minimum Gasteiger partial charge on any atom is -0.399 e. The van der Waals surface area contributed by atoms with Gasteiger partial charge in [0.2, 0.25) is 0 Å². The van der Waals surface area contributed by atoms with Crippen molar-refractivity contribution in [1.29, 1.82) is 0 Å². The van der Waals surface area contributed by atoms with E-state index in [9.17, 15) is 0 Å². The van der Waals surface area contributed by atoms with Crippen molar-refractivity contribution in [2.24, 2.45) is 5.92 Å². The molecular weight excluding hydrogens is 210 g/mol. The molecule has 3 N–H and O–H groups in total. The molecule has 2 rings (SSSR count). The van der Waals surface area contributed by atoms with Gasteiger partial charge in [-0.05, 0) is 56.6 Å². The Bertz CT molecular complexity index is 389. The average Bonchev–Trinajstić information content (AvgIpc) is 2.27. The van der Waals surface area contributed by atoms with Gasteiger partial charge in [0, 0.05) is 24.0 Å². The Morgan fingerprint density at radius 2 is 2.18 bits per heavy atom. The Balaban J connectivity index is 2.02. The van der Waals surface area contributed by atoms with E-state index in [4.69, 9.17) is 5.73 Å². The summed E-state index contributed by atoms with van der Waals surface area (Å²) >= 11 is 0. The van der Waals surface area contributed by atoms with Crippen LogP contribution in [0.25, 0.3) is 0 Å². The number of hydrogen-bond donors (Lipinski definition) is 2. The fourth-order valence-corrected chi connectivity index (χ4v) is 2.55. The summed E-state index contributed by atoms with van der Waals surface area (Å²) in [4.78, 5) is 2.40. The third-order valence-electron chi connectivity index (χ3n) is 3.73. The van der Waals surface area contributed by atoms with Crippen LogP contribution in [0.3, 0.4) is 0 Å². The Kier molecular flexibility index (Phi) is 3.57. The zero-order valence-corrected chi connectivity index (χ0v) is 11.0. The predicted molar refractivity (Wildman–Crippen MR) is 74.3 cm³/mol. The quantitative estimate of drug-likeness (QED) is 0.770. The lowest BCUT2D eigenvalue weighted by Crippen LogP contribution is -2.43. The molecule has 0 amide bonds. The van der Waals surface area contributed by atoms with Crippen LogP contribution in [0.1, 0.15) is 18.9 Å². The summed E-state index contributed by atoms with van der Waals surface area (Å²) in [5.41, 5.74) is 9.04. The van der Waals surface area contributed by atoms with Crippen LogP contribution in [-0.4, -0.2) is 31.1 Å². The van der Waals surface area contributed by atoms with Gasteiger partial charge >= 0.3 is 0 Å². The zero-order chi connectivity index (χ0) is 12.4. The van der Waals surface area contributed by atoms with Crippen LogP contribution in [0, 0.1) is 12.8 Å². The minimum absolute atomic E-state index is 0.578. The molecule has 0 aromatic heterocycles. The first kappa shape index (κ1) is 12.2. The van der Waals surface area contributed by atoms with Gasteiger partial charge in [0.05, 0.1) is 0 Å². The first-order valence-electron chi connectivity index (χ1n) is 6.37. The van der Waals surface area contributed by atoms with E-state index < -0.39 is 0 Å². The van der Waals surface area contributed by atoms with Crippen molar-refractivity contribution in [2.75, 3.05) is 31.2 Å². The zero-order valence-electron chi connectivity index (χ0n) is 11.0. The lowest BCUT2D eigenvalue weighted by Gasteiger charge is -2.35. The van der Waals surface area contributed by atoms with Crippen molar-refractivity contribution >= 4 is 11.4 Å². The second-order valence-corrected chi connectivity index (χ2v) is 5.35. The highest BCUT2D eigenvalue weighted by atomic mass is 15.1. The largest absolute Gasteiger partial charge is 0.399 e. The molecule has 0 radical (unpaired) electrons. The molecule has 0 saturated carbocycles. The van der Waals surface area contributed by atoms with Gasteiger partial charge in [0.25, 0.3) is 0 Å². The fraction of sp³-hybridized carbons (Fsp3) is 0.571. The summed E-state index contributed by atoms with van der Waals surface area (Å²) in [6.07, 6.45) is 1.21.